The molecule has 1 aromatic heterocycles. The maximum absolute atomic E-state index is 13.4. The number of benzene rings is 2. The van der Waals surface area contributed by atoms with Crippen LogP contribution in [0.15, 0.2) is 42.5 Å². The molecule has 3 aromatic rings. The first kappa shape index (κ1) is 24.8. The number of amides is 1. The molecule has 0 aliphatic rings. The zero-order chi connectivity index (χ0) is 24.1. The minimum Gasteiger partial charge on any atom is -0.485 e. The van der Waals surface area contributed by atoms with E-state index in [4.69, 9.17) is 9.72 Å². The number of carbonyl (C=O) groups excluding carboxylic acids is 1. The van der Waals surface area contributed by atoms with Crippen LogP contribution in [-0.4, -0.2) is 33.4 Å². The molecule has 5 heteroatoms. The van der Waals surface area contributed by atoms with E-state index in [-0.39, 0.29) is 12.5 Å². The fraction of sp³-hybridized carbons (Fsp3) is 0.500. The molecule has 3 rings (SSSR count). The van der Waals surface area contributed by atoms with Gasteiger partial charge in [0.15, 0.2) is 0 Å². The van der Waals surface area contributed by atoms with Crippen molar-refractivity contribution in [1.82, 2.24) is 14.5 Å². The first-order valence-electron chi connectivity index (χ1n) is 12.1. The second-order valence-electron chi connectivity index (χ2n) is 10.2. The van der Waals surface area contributed by atoms with Gasteiger partial charge in [-0.3, -0.25) is 4.79 Å². The largest absolute Gasteiger partial charge is 0.485 e. The Bertz CT molecular complexity index is 1070. The highest BCUT2D eigenvalue weighted by Gasteiger charge is 2.20. The molecule has 0 bridgehead atoms. The second kappa shape index (κ2) is 10.9. The van der Waals surface area contributed by atoms with Gasteiger partial charge in [-0.2, -0.15) is 0 Å². The first-order valence-corrected chi connectivity index (χ1v) is 12.1. The third kappa shape index (κ3) is 6.37. The molecule has 2 aromatic carbocycles. The Morgan fingerprint density at radius 2 is 1.67 bits per heavy atom. The van der Waals surface area contributed by atoms with Gasteiger partial charge in [-0.05, 0) is 54.0 Å². The molecule has 0 unspecified atom stereocenters. The first-order chi connectivity index (χ1) is 15.7. The van der Waals surface area contributed by atoms with Gasteiger partial charge in [0.2, 0.25) is 5.91 Å². The van der Waals surface area contributed by atoms with E-state index in [1.807, 2.05) is 33.7 Å². The summed E-state index contributed by atoms with van der Waals surface area (Å²) in [5.74, 6) is 2.99. The van der Waals surface area contributed by atoms with Gasteiger partial charge >= 0.3 is 0 Å². The van der Waals surface area contributed by atoms with Crippen LogP contribution in [0.4, 0.5) is 0 Å². The summed E-state index contributed by atoms with van der Waals surface area (Å²) in [6.07, 6.45) is 0. The SMILES string of the molecule is Cc1ccc(C(C)C)c(OCc2nc3ccccc3n2CC(=O)N(CC(C)C)CC(C)C)c1. The van der Waals surface area contributed by atoms with Gasteiger partial charge in [-0.15, -0.1) is 0 Å². The van der Waals surface area contributed by atoms with Crippen LogP contribution >= 0.6 is 0 Å². The summed E-state index contributed by atoms with van der Waals surface area (Å²) in [5, 5.41) is 0. The molecule has 33 heavy (non-hydrogen) atoms. The minimum atomic E-state index is 0.125. The molecule has 1 heterocycles. The van der Waals surface area contributed by atoms with Gasteiger partial charge in [0, 0.05) is 13.1 Å². The van der Waals surface area contributed by atoms with Crippen molar-refractivity contribution >= 4 is 16.9 Å². The molecule has 178 valence electrons. The number of hydrogen-bond acceptors (Lipinski definition) is 3. The van der Waals surface area contributed by atoms with Gasteiger partial charge in [-0.1, -0.05) is 65.8 Å². The Labute approximate surface area is 198 Å². The molecule has 0 saturated carbocycles. The van der Waals surface area contributed by atoms with Crippen molar-refractivity contribution < 1.29 is 9.53 Å². The Morgan fingerprint density at radius 1 is 1.00 bits per heavy atom. The fourth-order valence-corrected chi connectivity index (χ4v) is 4.19. The number of aromatic nitrogens is 2. The van der Waals surface area contributed by atoms with Crippen LogP contribution in [0, 0.1) is 18.8 Å². The smallest absolute Gasteiger partial charge is 0.242 e. The standard InChI is InChI=1S/C28H39N3O2/c1-19(2)15-30(16-20(3)4)28(32)17-31-25-11-9-8-10-24(25)29-27(31)18-33-26-14-22(7)12-13-23(26)21(5)6/h8-14,19-21H,15-18H2,1-7H3. The normalized spacial score (nSPS) is 11.7. The summed E-state index contributed by atoms with van der Waals surface area (Å²) < 4.78 is 8.32. The van der Waals surface area contributed by atoms with Gasteiger partial charge in [-0.25, -0.2) is 4.98 Å². The number of nitrogens with zero attached hydrogens (tertiary/aromatic N) is 3. The molecular weight excluding hydrogens is 410 g/mol. The van der Waals surface area contributed by atoms with Crippen molar-refractivity contribution in [3.8, 4) is 5.75 Å². The Kier molecular flexibility index (Phi) is 8.17. The summed E-state index contributed by atoms with van der Waals surface area (Å²) in [5.41, 5.74) is 4.19. The maximum Gasteiger partial charge on any atom is 0.242 e. The third-order valence-corrected chi connectivity index (χ3v) is 5.70. The molecule has 1 amide bonds. The summed E-state index contributed by atoms with van der Waals surface area (Å²) in [6, 6.07) is 14.3. The molecule has 0 radical (unpaired) electrons. The van der Waals surface area contributed by atoms with Gasteiger partial charge in [0.05, 0.1) is 11.0 Å². The highest BCUT2D eigenvalue weighted by Crippen LogP contribution is 2.28. The van der Waals surface area contributed by atoms with E-state index < -0.39 is 0 Å². The van der Waals surface area contributed by atoms with Crippen LogP contribution in [0.25, 0.3) is 11.0 Å². The topological polar surface area (TPSA) is 47.4 Å². The highest BCUT2D eigenvalue weighted by molar-refractivity contribution is 5.81. The van der Waals surface area contributed by atoms with E-state index in [0.29, 0.717) is 24.4 Å². The van der Waals surface area contributed by atoms with Crippen LogP contribution < -0.4 is 4.74 Å². The van der Waals surface area contributed by atoms with Crippen LogP contribution in [0.1, 0.15) is 64.4 Å². The van der Waals surface area contributed by atoms with Gasteiger partial charge in [0.1, 0.15) is 24.7 Å². The molecule has 5 nitrogen and oxygen atoms in total. The molecule has 0 spiro atoms. The van der Waals surface area contributed by atoms with Gasteiger partial charge in [0.25, 0.3) is 0 Å². The monoisotopic (exact) mass is 449 g/mol. The molecular formula is C28H39N3O2. The van der Waals surface area contributed by atoms with E-state index >= 15 is 0 Å². The molecule has 0 N–H and O–H groups in total. The summed E-state index contributed by atoms with van der Waals surface area (Å²) in [6.45, 7) is 17.1. The van der Waals surface area contributed by atoms with Crippen LogP contribution in [0.5, 0.6) is 5.75 Å². The third-order valence-electron chi connectivity index (χ3n) is 5.70. The van der Waals surface area contributed by atoms with Crippen molar-refractivity contribution in [1.29, 1.82) is 0 Å². The van der Waals surface area contributed by atoms with E-state index in [1.54, 1.807) is 0 Å². The Morgan fingerprint density at radius 3 is 2.30 bits per heavy atom. The lowest BCUT2D eigenvalue weighted by Gasteiger charge is -2.27. The summed E-state index contributed by atoms with van der Waals surface area (Å²) in [7, 11) is 0. The summed E-state index contributed by atoms with van der Waals surface area (Å²) >= 11 is 0. The van der Waals surface area contributed by atoms with Gasteiger partial charge < -0.3 is 14.2 Å². The van der Waals surface area contributed by atoms with Crippen molar-refractivity contribution in [2.45, 2.75) is 67.5 Å². The molecule has 0 aliphatic heterocycles. The molecule has 0 aliphatic carbocycles. The van der Waals surface area contributed by atoms with Crippen molar-refractivity contribution in [2.75, 3.05) is 13.1 Å². The number of fused-ring (bicyclic) bond motifs is 1. The van der Waals surface area contributed by atoms with Crippen LogP contribution in [0.2, 0.25) is 0 Å². The highest BCUT2D eigenvalue weighted by atomic mass is 16.5. The minimum absolute atomic E-state index is 0.125. The molecule has 0 atom stereocenters. The average Bonchev–Trinajstić information content (AvgIpc) is 3.08. The summed E-state index contributed by atoms with van der Waals surface area (Å²) in [4.78, 5) is 20.2. The van der Waals surface area contributed by atoms with Crippen molar-refractivity contribution in [2.24, 2.45) is 11.8 Å². The molecule has 0 fully saturated rings. The lowest BCUT2D eigenvalue weighted by atomic mass is 10.0. The van der Waals surface area contributed by atoms with E-state index in [2.05, 4.69) is 66.7 Å². The number of hydrogen-bond donors (Lipinski definition) is 0. The number of ether oxygens (including phenoxy) is 1. The van der Waals surface area contributed by atoms with Crippen LogP contribution in [-0.2, 0) is 17.9 Å². The zero-order valence-corrected chi connectivity index (χ0v) is 21.3. The number of carbonyl (C=O) groups is 1. The quantitative estimate of drug-likeness (QED) is 0.371. The van der Waals surface area contributed by atoms with E-state index in [0.717, 1.165) is 41.3 Å². The van der Waals surface area contributed by atoms with E-state index in [9.17, 15) is 4.79 Å². The Hall–Kier alpha value is -2.82. The Balaban J connectivity index is 1.90. The number of imidazole rings is 1. The average molecular weight is 450 g/mol. The number of aryl methyl sites for hydroxylation is 1. The van der Waals surface area contributed by atoms with Crippen LogP contribution in [0.3, 0.4) is 0 Å². The van der Waals surface area contributed by atoms with E-state index in [1.165, 1.54) is 5.56 Å². The number of para-hydroxylation sites is 2. The second-order valence-corrected chi connectivity index (χ2v) is 10.2. The van der Waals surface area contributed by atoms with Crippen molar-refractivity contribution in [3.05, 3.63) is 59.4 Å². The zero-order valence-electron chi connectivity index (χ0n) is 21.3. The lowest BCUT2D eigenvalue weighted by Crippen LogP contribution is -2.39. The predicted molar refractivity (Wildman–Crippen MR) is 136 cm³/mol. The lowest BCUT2D eigenvalue weighted by molar-refractivity contribution is -0.132. The fourth-order valence-electron chi connectivity index (χ4n) is 4.19. The molecule has 0 saturated heterocycles. The maximum atomic E-state index is 13.4. The van der Waals surface area contributed by atoms with Crippen molar-refractivity contribution in [3.63, 3.8) is 0 Å². The number of rotatable bonds is 10. The predicted octanol–water partition coefficient (Wildman–Crippen LogP) is 6.19.